The van der Waals surface area contributed by atoms with Crippen LogP contribution in [0.15, 0.2) is 18.2 Å². The van der Waals surface area contributed by atoms with E-state index in [1.165, 1.54) is 23.1 Å². The van der Waals surface area contributed by atoms with Crippen LogP contribution in [0.4, 0.5) is 10.5 Å². The molecule has 1 aliphatic heterocycles. The molecule has 0 aliphatic carbocycles. The molecule has 20 heavy (non-hydrogen) atoms. The SMILES string of the molecule is Cc1cc(C(=O)O)ccc1NC(=O)N1CC(O)C(O)C1. The number of aliphatic hydroxyl groups excluding tert-OH is 2. The Balaban J connectivity index is 2.07. The number of amides is 2. The maximum absolute atomic E-state index is 12.0. The number of carbonyl (C=O) groups excluding carboxylic acids is 1. The maximum Gasteiger partial charge on any atom is 0.335 e. The van der Waals surface area contributed by atoms with Gasteiger partial charge in [0.2, 0.25) is 0 Å². The van der Waals surface area contributed by atoms with Crippen molar-refractivity contribution < 1.29 is 24.9 Å². The van der Waals surface area contributed by atoms with E-state index in [0.717, 1.165) is 0 Å². The third kappa shape index (κ3) is 2.89. The number of urea groups is 1. The van der Waals surface area contributed by atoms with E-state index in [1.54, 1.807) is 6.92 Å². The number of carboxylic acid groups (broad SMARTS) is 1. The zero-order valence-corrected chi connectivity index (χ0v) is 10.9. The van der Waals surface area contributed by atoms with Gasteiger partial charge in [0.25, 0.3) is 0 Å². The lowest BCUT2D eigenvalue weighted by molar-refractivity contribution is 0.0572. The molecule has 108 valence electrons. The molecule has 0 radical (unpaired) electrons. The normalized spacial score (nSPS) is 21.9. The van der Waals surface area contributed by atoms with E-state index in [1.807, 2.05) is 0 Å². The summed E-state index contributed by atoms with van der Waals surface area (Å²) in [7, 11) is 0. The smallest absolute Gasteiger partial charge is 0.335 e. The van der Waals surface area contributed by atoms with E-state index in [-0.39, 0.29) is 18.7 Å². The van der Waals surface area contributed by atoms with Crippen LogP contribution in [0.5, 0.6) is 0 Å². The Morgan fingerprint density at radius 2 is 1.85 bits per heavy atom. The number of likely N-dealkylation sites (tertiary alicyclic amines) is 1. The van der Waals surface area contributed by atoms with Crippen molar-refractivity contribution in [1.82, 2.24) is 4.90 Å². The number of nitrogens with zero attached hydrogens (tertiary/aromatic N) is 1. The van der Waals surface area contributed by atoms with E-state index in [0.29, 0.717) is 11.3 Å². The predicted molar refractivity (Wildman–Crippen MR) is 70.7 cm³/mol. The standard InChI is InChI=1S/C13H16N2O5/c1-7-4-8(12(18)19)2-3-9(7)14-13(20)15-5-10(16)11(17)6-15/h2-4,10-11,16-17H,5-6H2,1H3,(H,14,20)(H,18,19). The van der Waals surface area contributed by atoms with Crippen molar-refractivity contribution in [3.8, 4) is 0 Å². The fraction of sp³-hybridized carbons (Fsp3) is 0.385. The van der Waals surface area contributed by atoms with E-state index in [9.17, 15) is 19.8 Å². The highest BCUT2D eigenvalue weighted by molar-refractivity contribution is 5.92. The van der Waals surface area contributed by atoms with Gasteiger partial charge in [-0.25, -0.2) is 9.59 Å². The summed E-state index contributed by atoms with van der Waals surface area (Å²) >= 11 is 0. The Kier molecular flexibility index (Phi) is 3.91. The number of carboxylic acids is 1. The number of carbonyl (C=O) groups is 2. The lowest BCUT2D eigenvalue weighted by Crippen LogP contribution is -2.34. The molecule has 7 heteroatoms. The minimum absolute atomic E-state index is 0.0687. The summed E-state index contributed by atoms with van der Waals surface area (Å²) in [5, 5.41) is 30.3. The van der Waals surface area contributed by atoms with Crippen molar-refractivity contribution in [3.63, 3.8) is 0 Å². The molecule has 1 aromatic rings. The number of hydrogen-bond donors (Lipinski definition) is 4. The van der Waals surface area contributed by atoms with Crippen molar-refractivity contribution in [3.05, 3.63) is 29.3 Å². The topological polar surface area (TPSA) is 110 Å². The summed E-state index contributed by atoms with van der Waals surface area (Å²) < 4.78 is 0. The van der Waals surface area contributed by atoms with Crippen LogP contribution < -0.4 is 5.32 Å². The summed E-state index contributed by atoms with van der Waals surface area (Å²) in [4.78, 5) is 24.1. The fourth-order valence-corrected chi connectivity index (χ4v) is 2.07. The summed E-state index contributed by atoms with van der Waals surface area (Å²) in [6.45, 7) is 1.83. The van der Waals surface area contributed by atoms with Crippen molar-refractivity contribution in [2.75, 3.05) is 18.4 Å². The Labute approximate surface area is 115 Å². The Morgan fingerprint density at radius 1 is 1.25 bits per heavy atom. The zero-order chi connectivity index (χ0) is 14.9. The highest BCUT2D eigenvalue weighted by atomic mass is 16.4. The van der Waals surface area contributed by atoms with E-state index in [4.69, 9.17) is 5.11 Å². The van der Waals surface area contributed by atoms with Gasteiger partial charge in [-0.1, -0.05) is 0 Å². The molecule has 2 atom stereocenters. The summed E-state index contributed by atoms with van der Waals surface area (Å²) in [5.74, 6) is -1.03. The van der Waals surface area contributed by atoms with Crippen LogP contribution in [0.1, 0.15) is 15.9 Å². The van der Waals surface area contributed by atoms with Gasteiger partial charge in [-0.05, 0) is 30.7 Å². The third-order valence-electron chi connectivity index (χ3n) is 3.26. The number of anilines is 1. The van der Waals surface area contributed by atoms with Gasteiger partial charge in [0.1, 0.15) is 0 Å². The van der Waals surface area contributed by atoms with Gasteiger partial charge in [0, 0.05) is 5.69 Å². The Hall–Kier alpha value is -2.12. The number of benzene rings is 1. The van der Waals surface area contributed by atoms with Crippen molar-refractivity contribution >= 4 is 17.7 Å². The molecule has 4 N–H and O–H groups in total. The highest BCUT2D eigenvalue weighted by Gasteiger charge is 2.32. The van der Waals surface area contributed by atoms with Crippen molar-refractivity contribution in [2.45, 2.75) is 19.1 Å². The van der Waals surface area contributed by atoms with Gasteiger partial charge < -0.3 is 25.5 Å². The third-order valence-corrected chi connectivity index (χ3v) is 3.26. The van der Waals surface area contributed by atoms with Gasteiger partial charge in [-0.2, -0.15) is 0 Å². The molecular formula is C13H16N2O5. The number of hydrogen-bond acceptors (Lipinski definition) is 4. The molecular weight excluding hydrogens is 264 g/mol. The minimum Gasteiger partial charge on any atom is -0.478 e. The molecule has 1 heterocycles. The average molecular weight is 280 g/mol. The summed E-state index contributed by atoms with van der Waals surface area (Å²) in [5.41, 5.74) is 1.27. The Morgan fingerprint density at radius 3 is 2.35 bits per heavy atom. The Bertz CT molecular complexity index is 536. The highest BCUT2D eigenvalue weighted by Crippen LogP contribution is 2.18. The molecule has 2 rings (SSSR count). The second kappa shape index (κ2) is 5.48. The van der Waals surface area contributed by atoms with Gasteiger partial charge in [0.05, 0.1) is 30.9 Å². The van der Waals surface area contributed by atoms with Gasteiger partial charge in [0.15, 0.2) is 0 Å². The van der Waals surface area contributed by atoms with Crippen LogP contribution in [-0.2, 0) is 0 Å². The second-order valence-corrected chi connectivity index (χ2v) is 4.80. The van der Waals surface area contributed by atoms with Gasteiger partial charge in [-0.15, -0.1) is 0 Å². The molecule has 0 aromatic heterocycles. The van der Waals surface area contributed by atoms with Crippen LogP contribution in [0.3, 0.4) is 0 Å². The van der Waals surface area contributed by atoms with Gasteiger partial charge >= 0.3 is 12.0 Å². The van der Waals surface area contributed by atoms with E-state index < -0.39 is 24.2 Å². The second-order valence-electron chi connectivity index (χ2n) is 4.80. The molecule has 1 fully saturated rings. The molecule has 2 amide bonds. The minimum atomic E-state index is -1.03. The molecule has 2 unspecified atom stereocenters. The maximum atomic E-state index is 12.0. The van der Waals surface area contributed by atoms with E-state index in [2.05, 4.69) is 5.32 Å². The molecule has 1 saturated heterocycles. The molecule has 7 nitrogen and oxygen atoms in total. The summed E-state index contributed by atoms with van der Waals surface area (Å²) in [6, 6.07) is 3.94. The van der Waals surface area contributed by atoms with Crippen LogP contribution in [0, 0.1) is 6.92 Å². The van der Waals surface area contributed by atoms with Crippen molar-refractivity contribution in [2.24, 2.45) is 0 Å². The molecule has 0 saturated carbocycles. The average Bonchev–Trinajstić information content (AvgIpc) is 2.72. The molecule has 1 aliphatic rings. The quantitative estimate of drug-likeness (QED) is 0.621. The zero-order valence-electron chi connectivity index (χ0n) is 10.9. The van der Waals surface area contributed by atoms with Crippen LogP contribution in [-0.4, -0.2) is 57.5 Å². The number of rotatable bonds is 2. The number of aryl methyl sites for hydroxylation is 1. The number of β-amino-alcohol motifs (C(OH)–C–C–N with tert-alkyl or cyclic N) is 2. The molecule has 0 spiro atoms. The molecule has 1 aromatic carbocycles. The first-order valence-electron chi connectivity index (χ1n) is 6.14. The van der Waals surface area contributed by atoms with Crippen molar-refractivity contribution in [1.29, 1.82) is 0 Å². The number of aliphatic hydroxyl groups is 2. The monoisotopic (exact) mass is 280 g/mol. The predicted octanol–water partition coefficient (Wildman–Crippen LogP) is 0.263. The largest absolute Gasteiger partial charge is 0.478 e. The first-order chi connectivity index (χ1) is 9.38. The van der Waals surface area contributed by atoms with Gasteiger partial charge in [-0.3, -0.25) is 0 Å². The number of nitrogens with one attached hydrogen (secondary N) is 1. The first-order valence-corrected chi connectivity index (χ1v) is 6.14. The lowest BCUT2D eigenvalue weighted by Gasteiger charge is -2.17. The lowest BCUT2D eigenvalue weighted by atomic mass is 10.1. The van der Waals surface area contributed by atoms with Crippen LogP contribution >= 0.6 is 0 Å². The van der Waals surface area contributed by atoms with Crippen LogP contribution in [0.2, 0.25) is 0 Å². The number of aromatic carboxylic acids is 1. The molecule has 0 bridgehead atoms. The van der Waals surface area contributed by atoms with Crippen LogP contribution in [0.25, 0.3) is 0 Å². The fourth-order valence-electron chi connectivity index (χ4n) is 2.07. The summed E-state index contributed by atoms with van der Waals surface area (Å²) in [6.07, 6.45) is -1.87. The van der Waals surface area contributed by atoms with E-state index >= 15 is 0 Å². The first kappa shape index (κ1) is 14.3.